The van der Waals surface area contributed by atoms with E-state index in [1.807, 2.05) is 0 Å². The maximum Gasteiger partial charge on any atom is 0.310 e. The summed E-state index contributed by atoms with van der Waals surface area (Å²) in [5, 5.41) is 18.5. The summed E-state index contributed by atoms with van der Waals surface area (Å²) in [6.07, 6.45) is -1.98. The number of likely N-dealkylation sites (tertiary alicyclic amines) is 1. The number of aryl methyl sites for hydroxylation is 1. The summed E-state index contributed by atoms with van der Waals surface area (Å²) in [5.41, 5.74) is 2.02. The van der Waals surface area contributed by atoms with Gasteiger partial charge in [0.2, 0.25) is 11.8 Å². The standard InChI is InChI=1S/C23H24ClF2N3O6S/c1-12-2-3-16(15(24)6-12)36(34,35)13-7-14(18(30)29-5-4-22(25,26)11-29)23(8-13,20(32)33)17-9-21(17,10-27)19(28)31/h2-3,6,13-14,17H,4-5,7-9,11H2,1H3,(H2,28,31)(H,32,33)/t13-,14+,17?,21?,23+/m1/s1. The first kappa shape index (κ1) is 26.3. The Kier molecular flexibility index (Phi) is 6.12. The van der Waals surface area contributed by atoms with Crippen molar-refractivity contribution < 1.29 is 36.7 Å². The number of aliphatic carboxylic acids is 1. The number of amides is 2. The van der Waals surface area contributed by atoms with Crippen LogP contribution in [0.3, 0.4) is 0 Å². The molecule has 2 saturated carbocycles. The molecule has 3 aliphatic rings. The van der Waals surface area contributed by atoms with Crippen LogP contribution in [0.5, 0.6) is 0 Å². The Bertz CT molecular complexity index is 1320. The molecule has 36 heavy (non-hydrogen) atoms. The van der Waals surface area contributed by atoms with Crippen LogP contribution in [0.15, 0.2) is 23.1 Å². The zero-order valence-corrected chi connectivity index (χ0v) is 20.8. The molecule has 9 nitrogen and oxygen atoms in total. The minimum absolute atomic E-state index is 0.0835. The first-order valence-corrected chi connectivity index (χ1v) is 13.2. The molecule has 4 rings (SSSR count). The number of primary amides is 1. The maximum absolute atomic E-state index is 13.9. The summed E-state index contributed by atoms with van der Waals surface area (Å²) < 4.78 is 55.0. The van der Waals surface area contributed by atoms with Crippen LogP contribution in [0.25, 0.3) is 0 Å². The molecule has 0 radical (unpaired) electrons. The lowest BCUT2D eigenvalue weighted by atomic mass is 9.70. The number of rotatable bonds is 6. The molecule has 0 bridgehead atoms. The summed E-state index contributed by atoms with van der Waals surface area (Å²) in [7, 11) is -4.29. The fraction of sp³-hybridized carbons (Fsp3) is 0.565. The van der Waals surface area contributed by atoms with Gasteiger partial charge in [-0.25, -0.2) is 17.2 Å². The highest BCUT2D eigenvalue weighted by Gasteiger charge is 2.76. The predicted molar refractivity (Wildman–Crippen MR) is 121 cm³/mol. The maximum atomic E-state index is 13.9. The highest BCUT2D eigenvalue weighted by molar-refractivity contribution is 7.92. The Hall–Kier alpha value is -2.78. The van der Waals surface area contributed by atoms with E-state index in [9.17, 15) is 42.0 Å². The third kappa shape index (κ3) is 3.84. The number of sulfone groups is 1. The van der Waals surface area contributed by atoms with E-state index in [2.05, 4.69) is 0 Å². The van der Waals surface area contributed by atoms with Gasteiger partial charge < -0.3 is 15.7 Å². The number of carbonyl (C=O) groups excluding carboxylic acids is 2. The number of nitrogens with two attached hydrogens (primary N) is 1. The molecule has 13 heteroatoms. The van der Waals surface area contributed by atoms with Crippen LogP contribution in [0, 0.1) is 40.9 Å². The van der Waals surface area contributed by atoms with Gasteiger partial charge in [-0.1, -0.05) is 17.7 Å². The summed E-state index contributed by atoms with van der Waals surface area (Å²) in [6, 6.07) is 5.98. The van der Waals surface area contributed by atoms with Gasteiger partial charge in [0.1, 0.15) is 5.41 Å². The van der Waals surface area contributed by atoms with Crippen molar-refractivity contribution in [3.8, 4) is 6.07 Å². The van der Waals surface area contributed by atoms with Gasteiger partial charge in [0, 0.05) is 18.9 Å². The van der Waals surface area contributed by atoms with Crippen molar-refractivity contribution in [2.75, 3.05) is 13.1 Å². The first-order valence-electron chi connectivity index (χ1n) is 11.2. The fourth-order valence-corrected chi connectivity index (χ4v) is 8.35. The van der Waals surface area contributed by atoms with Crippen molar-refractivity contribution in [2.45, 2.75) is 48.7 Å². The highest BCUT2D eigenvalue weighted by atomic mass is 35.5. The van der Waals surface area contributed by atoms with E-state index in [0.29, 0.717) is 5.56 Å². The largest absolute Gasteiger partial charge is 0.481 e. The minimum Gasteiger partial charge on any atom is -0.481 e. The number of nitrogens with zero attached hydrogens (tertiary/aromatic N) is 2. The number of carbonyl (C=O) groups is 3. The molecule has 1 aromatic rings. The molecule has 2 unspecified atom stereocenters. The van der Waals surface area contributed by atoms with Crippen molar-refractivity contribution in [3.05, 3.63) is 28.8 Å². The molecule has 2 amide bonds. The van der Waals surface area contributed by atoms with E-state index in [1.54, 1.807) is 13.0 Å². The van der Waals surface area contributed by atoms with Gasteiger partial charge in [-0.3, -0.25) is 14.4 Å². The van der Waals surface area contributed by atoms with E-state index < -0.39 is 87.3 Å². The van der Waals surface area contributed by atoms with Crippen LogP contribution in [-0.4, -0.2) is 60.5 Å². The first-order chi connectivity index (χ1) is 16.6. The van der Waals surface area contributed by atoms with Crippen molar-refractivity contribution >= 4 is 39.2 Å². The molecule has 3 fully saturated rings. The molecule has 1 aromatic carbocycles. The molecule has 0 spiro atoms. The smallest absolute Gasteiger partial charge is 0.310 e. The lowest BCUT2D eigenvalue weighted by Crippen LogP contribution is -2.48. The number of nitriles is 1. The van der Waals surface area contributed by atoms with Crippen LogP contribution < -0.4 is 5.73 Å². The van der Waals surface area contributed by atoms with Gasteiger partial charge in [-0.05, 0) is 43.9 Å². The zero-order chi connectivity index (χ0) is 26.8. The summed E-state index contributed by atoms with van der Waals surface area (Å²) in [5.74, 6) is -9.58. The molecular formula is C23H24ClF2N3O6S. The number of hydrogen-bond donors (Lipinski definition) is 2. The molecule has 1 saturated heterocycles. The lowest BCUT2D eigenvalue weighted by Gasteiger charge is -2.34. The summed E-state index contributed by atoms with van der Waals surface area (Å²) >= 11 is 6.19. The van der Waals surface area contributed by atoms with Gasteiger partial charge in [-0.15, -0.1) is 0 Å². The number of carboxylic acids is 1. The predicted octanol–water partition coefficient (Wildman–Crippen LogP) is 2.15. The molecule has 194 valence electrons. The van der Waals surface area contributed by atoms with Crippen LogP contribution >= 0.6 is 11.6 Å². The Morgan fingerprint density at radius 3 is 2.42 bits per heavy atom. The Labute approximate surface area is 211 Å². The van der Waals surface area contributed by atoms with Crippen LogP contribution in [0.4, 0.5) is 8.78 Å². The van der Waals surface area contributed by atoms with Crippen molar-refractivity contribution in [1.29, 1.82) is 5.26 Å². The van der Waals surface area contributed by atoms with Gasteiger partial charge in [0.05, 0.1) is 39.1 Å². The van der Waals surface area contributed by atoms with Gasteiger partial charge in [0.15, 0.2) is 9.84 Å². The monoisotopic (exact) mass is 543 g/mol. The van der Waals surface area contributed by atoms with E-state index in [4.69, 9.17) is 17.3 Å². The normalized spacial score (nSPS) is 33.2. The van der Waals surface area contributed by atoms with Crippen molar-refractivity contribution in [1.82, 2.24) is 4.90 Å². The summed E-state index contributed by atoms with van der Waals surface area (Å²) in [4.78, 5) is 39.0. The number of alkyl halides is 2. The number of hydrogen-bond acceptors (Lipinski definition) is 6. The average Bonchev–Trinajstić information content (AvgIpc) is 3.22. The van der Waals surface area contributed by atoms with Gasteiger partial charge in [0.25, 0.3) is 5.92 Å². The Balaban J connectivity index is 1.81. The highest BCUT2D eigenvalue weighted by Crippen LogP contribution is 2.68. The summed E-state index contributed by atoms with van der Waals surface area (Å²) in [6.45, 7) is 0.443. The van der Waals surface area contributed by atoms with Crippen molar-refractivity contribution in [2.24, 2.45) is 28.4 Å². The Morgan fingerprint density at radius 2 is 1.94 bits per heavy atom. The van der Waals surface area contributed by atoms with E-state index in [-0.39, 0.29) is 22.9 Å². The number of benzene rings is 1. The van der Waals surface area contributed by atoms with E-state index >= 15 is 0 Å². The van der Waals surface area contributed by atoms with E-state index in [0.717, 1.165) is 4.90 Å². The number of carboxylic acid groups (broad SMARTS) is 1. The molecule has 1 heterocycles. The van der Waals surface area contributed by atoms with E-state index in [1.165, 1.54) is 18.2 Å². The van der Waals surface area contributed by atoms with Crippen LogP contribution in [0.2, 0.25) is 5.02 Å². The zero-order valence-electron chi connectivity index (χ0n) is 19.2. The molecule has 3 N–H and O–H groups in total. The second-order valence-corrected chi connectivity index (χ2v) is 12.6. The molecule has 1 aliphatic heterocycles. The molecule has 0 aromatic heterocycles. The molecule has 5 atom stereocenters. The lowest BCUT2D eigenvalue weighted by molar-refractivity contribution is -0.160. The second-order valence-electron chi connectivity index (χ2n) is 10.0. The van der Waals surface area contributed by atoms with Crippen LogP contribution in [-0.2, 0) is 24.2 Å². The van der Waals surface area contributed by atoms with Gasteiger partial charge >= 0.3 is 5.97 Å². The van der Waals surface area contributed by atoms with Crippen LogP contribution in [0.1, 0.15) is 31.2 Å². The SMILES string of the molecule is Cc1ccc(S(=O)(=O)[C@@H]2C[C@@H](C(=O)N3CCC(F)(F)C3)[C@](C(=O)O)(C3CC3(C#N)C(N)=O)C2)c(Cl)c1. The topological polar surface area (TPSA) is 159 Å². The third-order valence-electron chi connectivity index (χ3n) is 7.92. The van der Waals surface area contributed by atoms with Crippen molar-refractivity contribution in [3.63, 3.8) is 0 Å². The minimum atomic E-state index is -4.29. The second kappa shape index (κ2) is 8.38. The fourth-order valence-electron chi connectivity index (χ4n) is 5.90. The third-order valence-corrected chi connectivity index (χ3v) is 10.5. The Morgan fingerprint density at radius 1 is 1.28 bits per heavy atom. The average molecular weight is 544 g/mol. The molecular weight excluding hydrogens is 520 g/mol. The quantitative estimate of drug-likeness (QED) is 0.556. The number of halogens is 3. The molecule has 2 aliphatic carbocycles. The van der Waals surface area contributed by atoms with Gasteiger partial charge in [-0.2, -0.15) is 5.26 Å².